The van der Waals surface area contributed by atoms with Crippen LogP contribution >= 0.6 is 0 Å². The Morgan fingerprint density at radius 3 is 2.61 bits per heavy atom. The number of rotatable bonds is 4. The topological polar surface area (TPSA) is 145 Å². The van der Waals surface area contributed by atoms with Crippen molar-refractivity contribution in [1.29, 1.82) is 0 Å². The first kappa shape index (κ1) is 23.8. The van der Waals surface area contributed by atoms with Crippen LogP contribution in [0, 0.1) is 17.8 Å². The molecule has 10 nitrogen and oxygen atoms in total. The van der Waals surface area contributed by atoms with Crippen LogP contribution in [0.15, 0.2) is 38.8 Å². The van der Waals surface area contributed by atoms with Crippen LogP contribution in [0.1, 0.15) is 51.9 Å². The van der Waals surface area contributed by atoms with Gasteiger partial charge in [0.05, 0.1) is 17.5 Å². The summed E-state index contributed by atoms with van der Waals surface area (Å²) in [4.78, 5) is 15.9. The molecule has 2 bridgehead atoms. The van der Waals surface area contributed by atoms with E-state index in [1.54, 1.807) is 0 Å². The first-order chi connectivity index (χ1) is 16.9. The molecule has 1 aromatic carbocycles. The Hall–Kier alpha value is -2.60. The van der Waals surface area contributed by atoms with Crippen LogP contribution in [0.2, 0.25) is 0 Å². The predicted octanol–water partition coefficient (Wildman–Crippen LogP) is 2.97. The lowest BCUT2D eigenvalue weighted by atomic mass is 9.68. The second-order valence-electron chi connectivity index (χ2n) is 11.0. The Kier molecular flexibility index (Phi) is 5.09. The summed E-state index contributed by atoms with van der Waals surface area (Å²) in [5.41, 5.74) is -0.299. The third-order valence-corrected chi connectivity index (χ3v) is 10.8. The van der Waals surface area contributed by atoms with E-state index in [9.17, 15) is 26.7 Å². The molecule has 4 atom stereocenters. The quantitative estimate of drug-likeness (QED) is 0.538. The van der Waals surface area contributed by atoms with Gasteiger partial charge in [0.15, 0.2) is 5.84 Å². The van der Waals surface area contributed by atoms with Crippen molar-refractivity contribution in [2.75, 3.05) is 16.3 Å². The Bertz CT molecular complexity index is 1440. The second kappa shape index (κ2) is 7.70. The molecule has 3 N–H and O–H groups in total. The number of sulfonamides is 2. The number of nitrogens with zero attached hydrogens (tertiary/aromatic N) is 2. The van der Waals surface area contributed by atoms with Crippen molar-refractivity contribution in [3.8, 4) is 0 Å². The molecule has 3 saturated carbocycles. The summed E-state index contributed by atoms with van der Waals surface area (Å²) in [7, 11) is -7.88. The molecule has 2 heterocycles. The maximum absolute atomic E-state index is 14.1. The molecule has 1 amide bonds. The number of aliphatic hydroxyl groups is 1. The third-order valence-electron chi connectivity index (χ3n) is 8.86. The fraction of sp³-hybridized carbons (Fsp3) is 0.583. The van der Waals surface area contributed by atoms with Gasteiger partial charge in [0.1, 0.15) is 16.2 Å². The highest BCUT2D eigenvalue weighted by molar-refractivity contribution is 7.92. The zero-order valence-corrected chi connectivity index (χ0v) is 21.8. The minimum atomic E-state index is -4.28. The minimum Gasteiger partial charge on any atom is -0.511 e. The highest BCUT2D eigenvalue weighted by Gasteiger charge is 2.65. The summed E-state index contributed by atoms with van der Waals surface area (Å²) in [5, 5.41) is 14.5. The molecule has 3 aliphatic carbocycles. The highest BCUT2D eigenvalue weighted by Crippen LogP contribution is 2.62. The number of nitrogens with one attached hydrogen (secondary N) is 2. The van der Waals surface area contributed by atoms with E-state index in [2.05, 4.69) is 21.4 Å². The van der Waals surface area contributed by atoms with Gasteiger partial charge in [-0.05, 0) is 69.1 Å². The molecule has 0 aromatic heterocycles. The van der Waals surface area contributed by atoms with Crippen LogP contribution in [0.4, 0.5) is 11.4 Å². The van der Waals surface area contributed by atoms with Gasteiger partial charge in [0.2, 0.25) is 10.0 Å². The molecule has 0 radical (unpaired) electrons. The SMILES string of the molecule is C[C@]12[C@@H]3CC[C@@H](C3)[C@H]1C(O)=C(C1=NS(=O)(=O)c3cc(NS(C)(=O)=O)ccc3N1)C(=O)N2C1CCCC1. The first-order valence-electron chi connectivity index (χ1n) is 12.4. The van der Waals surface area contributed by atoms with Gasteiger partial charge < -0.3 is 15.3 Å². The number of anilines is 2. The largest absolute Gasteiger partial charge is 0.511 e. The summed E-state index contributed by atoms with van der Waals surface area (Å²) in [5.74, 6) is -0.312. The van der Waals surface area contributed by atoms with Gasteiger partial charge >= 0.3 is 0 Å². The van der Waals surface area contributed by atoms with Crippen LogP contribution in [0.3, 0.4) is 0 Å². The van der Waals surface area contributed by atoms with E-state index in [0.717, 1.165) is 51.2 Å². The average Bonchev–Trinajstić information content (AvgIpc) is 3.50. The number of hydrogen-bond donors (Lipinski definition) is 3. The highest BCUT2D eigenvalue weighted by atomic mass is 32.2. The Balaban J connectivity index is 1.45. The van der Waals surface area contributed by atoms with Crippen LogP contribution in [0.25, 0.3) is 0 Å². The lowest BCUT2D eigenvalue weighted by Crippen LogP contribution is -2.64. The van der Waals surface area contributed by atoms with E-state index in [4.69, 9.17) is 0 Å². The zero-order chi connectivity index (χ0) is 25.6. The lowest BCUT2D eigenvalue weighted by Gasteiger charge is -2.54. The predicted molar refractivity (Wildman–Crippen MR) is 135 cm³/mol. The number of hydrogen-bond acceptors (Lipinski definition) is 7. The Labute approximate surface area is 211 Å². The molecular formula is C24H30N4O6S2. The van der Waals surface area contributed by atoms with Gasteiger partial charge in [-0.25, -0.2) is 8.42 Å². The van der Waals surface area contributed by atoms with Crippen molar-refractivity contribution >= 4 is 43.2 Å². The van der Waals surface area contributed by atoms with Crippen molar-refractivity contribution in [1.82, 2.24) is 4.90 Å². The molecule has 6 rings (SSSR count). The van der Waals surface area contributed by atoms with E-state index in [1.807, 2.05) is 4.90 Å². The number of carbonyl (C=O) groups excluding carboxylic acids is 1. The molecular weight excluding hydrogens is 504 g/mol. The maximum atomic E-state index is 14.1. The molecule has 0 saturated heterocycles. The molecule has 0 spiro atoms. The average molecular weight is 535 g/mol. The summed E-state index contributed by atoms with van der Waals surface area (Å²) >= 11 is 0. The van der Waals surface area contributed by atoms with E-state index in [-0.39, 0.29) is 57.2 Å². The number of amides is 1. The lowest BCUT2D eigenvalue weighted by molar-refractivity contribution is -0.144. The molecule has 5 aliphatic rings. The van der Waals surface area contributed by atoms with Crippen LogP contribution < -0.4 is 10.0 Å². The smallest absolute Gasteiger partial charge is 0.286 e. The fourth-order valence-electron chi connectivity index (χ4n) is 7.52. The molecule has 36 heavy (non-hydrogen) atoms. The van der Waals surface area contributed by atoms with Crippen LogP contribution in [-0.2, 0) is 24.8 Å². The Morgan fingerprint density at radius 2 is 1.92 bits per heavy atom. The van der Waals surface area contributed by atoms with Gasteiger partial charge in [-0.2, -0.15) is 8.42 Å². The van der Waals surface area contributed by atoms with Crippen molar-refractivity contribution in [3.05, 3.63) is 29.5 Å². The minimum absolute atomic E-state index is 0.0603. The van der Waals surface area contributed by atoms with Gasteiger partial charge in [-0.1, -0.05) is 12.8 Å². The van der Waals surface area contributed by atoms with Gasteiger partial charge in [0, 0.05) is 17.6 Å². The first-order valence-corrected chi connectivity index (χ1v) is 15.7. The molecule has 2 aliphatic heterocycles. The van der Waals surface area contributed by atoms with Crippen LogP contribution in [0.5, 0.6) is 0 Å². The van der Waals surface area contributed by atoms with Crippen molar-refractivity contribution in [2.24, 2.45) is 22.2 Å². The fourth-order valence-corrected chi connectivity index (χ4v) is 9.22. The summed E-state index contributed by atoms with van der Waals surface area (Å²) < 4.78 is 55.7. The van der Waals surface area contributed by atoms with Gasteiger partial charge in [-0.3, -0.25) is 9.52 Å². The maximum Gasteiger partial charge on any atom is 0.286 e. The second-order valence-corrected chi connectivity index (χ2v) is 14.3. The van der Waals surface area contributed by atoms with E-state index in [0.29, 0.717) is 5.92 Å². The number of aliphatic hydroxyl groups excluding tert-OH is 1. The Morgan fingerprint density at radius 1 is 1.19 bits per heavy atom. The van der Waals surface area contributed by atoms with Crippen LogP contribution in [-0.4, -0.2) is 56.4 Å². The number of carbonyl (C=O) groups is 1. The summed E-state index contributed by atoms with van der Waals surface area (Å²) in [6, 6.07) is 4.11. The van der Waals surface area contributed by atoms with E-state index < -0.39 is 25.6 Å². The molecule has 3 fully saturated rings. The number of fused-ring (bicyclic) bond motifs is 6. The van der Waals surface area contributed by atoms with Crippen molar-refractivity contribution < 1.29 is 26.7 Å². The number of amidine groups is 1. The zero-order valence-electron chi connectivity index (χ0n) is 20.2. The normalized spacial score (nSPS) is 33.3. The van der Waals surface area contributed by atoms with Gasteiger partial charge in [0.25, 0.3) is 15.9 Å². The van der Waals surface area contributed by atoms with Gasteiger partial charge in [-0.15, -0.1) is 4.40 Å². The number of benzene rings is 1. The monoisotopic (exact) mass is 534 g/mol. The standard InChI is InChI=1S/C24H30N4O6S2/c1-24-14-8-7-13(11-14)20(24)21(29)19(23(30)28(24)16-5-3-4-6-16)22-25-17-10-9-15(26-35(2,31)32)12-18(17)36(33,34)27-22/h9-10,12-14,16,20,26,29H,3-8,11H2,1-2H3,(H,25,27)/t13-,14+,20-,24-/m0/s1. The molecule has 12 heteroatoms. The summed E-state index contributed by atoms with van der Waals surface area (Å²) in [6.45, 7) is 2.10. The molecule has 0 unspecified atom stereocenters. The molecule has 194 valence electrons. The van der Waals surface area contributed by atoms with E-state index in [1.165, 1.54) is 18.2 Å². The van der Waals surface area contributed by atoms with E-state index >= 15 is 0 Å². The summed E-state index contributed by atoms with van der Waals surface area (Å²) in [6.07, 6.45) is 7.81. The van der Waals surface area contributed by atoms with Crippen molar-refractivity contribution in [3.63, 3.8) is 0 Å². The third kappa shape index (κ3) is 3.40. The molecule has 1 aromatic rings. The van der Waals surface area contributed by atoms with Crippen molar-refractivity contribution in [2.45, 2.75) is 68.3 Å².